The Morgan fingerprint density at radius 2 is 2.00 bits per heavy atom. The second-order valence-corrected chi connectivity index (χ2v) is 5.03. The lowest BCUT2D eigenvalue weighted by Crippen LogP contribution is -2.12. The molecule has 0 radical (unpaired) electrons. The number of halogens is 1. The molecule has 24 heavy (non-hydrogen) atoms. The minimum atomic E-state index is -0.636. The van der Waals surface area contributed by atoms with Gasteiger partial charge in [-0.1, -0.05) is 18.2 Å². The number of para-hydroxylation sites is 1. The van der Waals surface area contributed by atoms with E-state index in [2.05, 4.69) is 0 Å². The highest BCUT2D eigenvalue weighted by atomic mass is 19.1. The predicted molar refractivity (Wildman–Crippen MR) is 85.8 cm³/mol. The molecule has 0 aliphatic heterocycles. The number of esters is 1. The minimum absolute atomic E-state index is 0.0238. The Morgan fingerprint density at radius 1 is 1.25 bits per heavy atom. The number of benzene rings is 2. The van der Waals surface area contributed by atoms with Gasteiger partial charge in [0.15, 0.2) is 0 Å². The van der Waals surface area contributed by atoms with Gasteiger partial charge in [0, 0.05) is 17.5 Å². The molecule has 1 aromatic heterocycles. The van der Waals surface area contributed by atoms with Crippen molar-refractivity contribution in [3.05, 3.63) is 70.2 Å². The standard InChI is InChI=1S/C17H13FN2O4/c1-2-24-17(21)16-9-11-5-3-4-6-13(11)19(16)15-10-12(18)7-8-14(15)20(22)23/h3-10H,2H2,1H3. The zero-order chi connectivity index (χ0) is 17.3. The molecular formula is C17H13FN2O4. The maximum absolute atomic E-state index is 13.7. The van der Waals surface area contributed by atoms with Crippen LogP contribution in [0.3, 0.4) is 0 Å². The quantitative estimate of drug-likeness (QED) is 0.414. The van der Waals surface area contributed by atoms with Crippen molar-refractivity contribution in [3.8, 4) is 5.69 Å². The number of fused-ring (bicyclic) bond motifs is 1. The van der Waals surface area contributed by atoms with E-state index >= 15 is 0 Å². The second kappa shape index (κ2) is 6.11. The summed E-state index contributed by atoms with van der Waals surface area (Å²) < 4.78 is 20.1. The largest absolute Gasteiger partial charge is 0.461 e. The normalized spacial score (nSPS) is 10.8. The Bertz CT molecular complexity index is 949. The van der Waals surface area contributed by atoms with Crippen molar-refractivity contribution in [1.29, 1.82) is 0 Å². The molecule has 122 valence electrons. The average molecular weight is 328 g/mol. The number of nitrogens with zero attached hydrogens (tertiary/aromatic N) is 2. The number of hydrogen-bond donors (Lipinski definition) is 0. The highest BCUT2D eigenvalue weighted by Gasteiger charge is 2.24. The van der Waals surface area contributed by atoms with Gasteiger partial charge in [0.2, 0.25) is 0 Å². The lowest BCUT2D eigenvalue weighted by molar-refractivity contribution is -0.384. The molecule has 0 saturated carbocycles. The molecule has 0 amide bonds. The van der Waals surface area contributed by atoms with Gasteiger partial charge >= 0.3 is 5.97 Å². The monoisotopic (exact) mass is 328 g/mol. The van der Waals surface area contributed by atoms with Crippen molar-refractivity contribution >= 4 is 22.6 Å². The van der Waals surface area contributed by atoms with E-state index in [-0.39, 0.29) is 23.7 Å². The SMILES string of the molecule is CCOC(=O)c1cc2ccccc2n1-c1cc(F)ccc1[N+](=O)[O-]. The molecular weight excluding hydrogens is 315 g/mol. The Kier molecular flexibility index (Phi) is 3.99. The minimum Gasteiger partial charge on any atom is -0.461 e. The van der Waals surface area contributed by atoms with Gasteiger partial charge in [0.05, 0.1) is 17.0 Å². The van der Waals surface area contributed by atoms with E-state index in [1.165, 1.54) is 4.57 Å². The molecule has 0 aliphatic rings. The first-order chi connectivity index (χ1) is 11.5. The van der Waals surface area contributed by atoms with E-state index in [0.717, 1.165) is 18.2 Å². The molecule has 3 rings (SSSR count). The molecule has 3 aromatic rings. The van der Waals surface area contributed by atoms with Crippen LogP contribution in [-0.4, -0.2) is 22.1 Å². The van der Waals surface area contributed by atoms with Gasteiger partial charge in [-0.3, -0.25) is 14.7 Å². The van der Waals surface area contributed by atoms with Crippen molar-refractivity contribution in [2.45, 2.75) is 6.92 Å². The van der Waals surface area contributed by atoms with E-state index in [0.29, 0.717) is 10.9 Å². The molecule has 0 unspecified atom stereocenters. The Hall–Kier alpha value is -3.22. The number of ether oxygens (including phenoxy) is 1. The number of hydrogen-bond acceptors (Lipinski definition) is 4. The highest BCUT2D eigenvalue weighted by molar-refractivity contribution is 5.97. The smallest absolute Gasteiger partial charge is 0.355 e. The van der Waals surface area contributed by atoms with Gasteiger partial charge in [-0.2, -0.15) is 0 Å². The Balaban J connectivity index is 2.37. The van der Waals surface area contributed by atoms with E-state index in [4.69, 9.17) is 4.74 Å². The van der Waals surface area contributed by atoms with Gasteiger partial charge in [-0.15, -0.1) is 0 Å². The summed E-state index contributed by atoms with van der Waals surface area (Å²) in [5.41, 5.74) is 0.327. The Morgan fingerprint density at radius 3 is 2.71 bits per heavy atom. The first-order valence-electron chi connectivity index (χ1n) is 7.25. The van der Waals surface area contributed by atoms with Gasteiger partial charge in [0.1, 0.15) is 17.2 Å². The van der Waals surface area contributed by atoms with Crippen LogP contribution in [0.4, 0.5) is 10.1 Å². The third kappa shape index (κ3) is 2.60. The summed E-state index contributed by atoms with van der Waals surface area (Å²) in [6.07, 6.45) is 0. The molecule has 0 spiro atoms. The van der Waals surface area contributed by atoms with E-state index in [1.807, 2.05) is 0 Å². The van der Waals surface area contributed by atoms with Gasteiger partial charge < -0.3 is 4.74 Å². The zero-order valence-corrected chi connectivity index (χ0v) is 12.7. The van der Waals surface area contributed by atoms with Crippen LogP contribution in [0.2, 0.25) is 0 Å². The highest BCUT2D eigenvalue weighted by Crippen LogP contribution is 2.31. The van der Waals surface area contributed by atoms with Gasteiger partial charge in [-0.25, -0.2) is 9.18 Å². The summed E-state index contributed by atoms with van der Waals surface area (Å²) in [6, 6.07) is 11.7. The summed E-state index contributed by atoms with van der Waals surface area (Å²) in [5, 5.41) is 12.0. The molecule has 0 aliphatic carbocycles. The van der Waals surface area contributed by atoms with Crippen molar-refractivity contribution in [2.75, 3.05) is 6.61 Å². The third-order valence-corrected chi connectivity index (χ3v) is 3.57. The molecule has 0 saturated heterocycles. The molecule has 7 heteroatoms. The lowest BCUT2D eigenvalue weighted by Gasteiger charge is -2.11. The first-order valence-corrected chi connectivity index (χ1v) is 7.25. The third-order valence-electron chi connectivity index (χ3n) is 3.57. The summed E-state index contributed by atoms with van der Waals surface area (Å²) in [4.78, 5) is 23.0. The fourth-order valence-corrected chi connectivity index (χ4v) is 2.60. The maximum atomic E-state index is 13.7. The van der Waals surface area contributed by atoms with E-state index in [1.54, 1.807) is 37.3 Å². The van der Waals surface area contributed by atoms with Crippen molar-refractivity contribution < 1.29 is 18.8 Å². The van der Waals surface area contributed by atoms with Gasteiger partial charge in [0.25, 0.3) is 5.69 Å². The molecule has 1 heterocycles. The van der Waals surface area contributed by atoms with Crippen LogP contribution >= 0.6 is 0 Å². The van der Waals surface area contributed by atoms with Crippen LogP contribution in [0.5, 0.6) is 0 Å². The summed E-state index contributed by atoms with van der Waals surface area (Å²) in [6.45, 7) is 1.82. The number of aromatic nitrogens is 1. The van der Waals surface area contributed by atoms with E-state index in [9.17, 15) is 19.3 Å². The maximum Gasteiger partial charge on any atom is 0.355 e. The molecule has 0 bridgehead atoms. The predicted octanol–water partition coefficient (Wildman–Crippen LogP) is 3.85. The van der Waals surface area contributed by atoms with Crippen LogP contribution in [0.15, 0.2) is 48.5 Å². The van der Waals surface area contributed by atoms with Crippen LogP contribution in [0.1, 0.15) is 17.4 Å². The lowest BCUT2D eigenvalue weighted by atomic mass is 10.2. The first kappa shape index (κ1) is 15.7. The Labute approximate surface area is 136 Å². The van der Waals surface area contributed by atoms with Crippen LogP contribution < -0.4 is 0 Å². The average Bonchev–Trinajstić information content (AvgIpc) is 2.94. The molecule has 0 fully saturated rings. The second-order valence-electron chi connectivity index (χ2n) is 5.03. The fourth-order valence-electron chi connectivity index (χ4n) is 2.60. The number of carbonyl (C=O) groups excluding carboxylic acids is 1. The molecule has 0 N–H and O–H groups in total. The summed E-state index contributed by atoms with van der Waals surface area (Å²) in [7, 11) is 0. The number of nitro benzene ring substituents is 1. The topological polar surface area (TPSA) is 74.4 Å². The van der Waals surface area contributed by atoms with Crippen molar-refractivity contribution in [2.24, 2.45) is 0 Å². The summed E-state index contributed by atoms with van der Waals surface area (Å²) >= 11 is 0. The molecule has 0 atom stereocenters. The van der Waals surface area contributed by atoms with Crippen molar-refractivity contribution in [3.63, 3.8) is 0 Å². The molecule has 2 aromatic carbocycles. The fraction of sp³-hybridized carbons (Fsp3) is 0.118. The molecule has 6 nitrogen and oxygen atoms in total. The van der Waals surface area contributed by atoms with Crippen LogP contribution in [0, 0.1) is 15.9 Å². The van der Waals surface area contributed by atoms with Crippen LogP contribution in [0.25, 0.3) is 16.6 Å². The van der Waals surface area contributed by atoms with Crippen molar-refractivity contribution in [1.82, 2.24) is 4.57 Å². The van der Waals surface area contributed by atoms with E-state index < -0.39 is 16.7 Å². The van der Waals surface area contributed by atoms with Gasteiger partial charge in [-0.05, 0) is 25.1 Å². The van der Waals surface area contributed by atoms with Crippen LogP contribution in [-0.2, 0) is 4.74 Å². The summed E-state index contributed by atoms with van der Waals surface area (Å²) in [5.74, 6) is -1.27. The zero-order valence-electron chi connectivity index (χ0n) is 12.7. The number of nitro groups is 1. The number of rotatable bonds is 4. The number of carbonyl (C=O) groups is 1.